The van der Waals surface area contributed by atoms with Crippen molar-refractivity contribution in [2.24, 2.45) is 5.92 Å². The number of hydrogen-bond donors (Lipinski definition) is 0. The number of carbonyl (C=O) groups is 2. The van der Waals surface area contributed by atoms with E-state index in [1.165, 1.54) is 0 Å². The fourth-order valence-electron chi connectivity index (χ4n) is 3.53. The van der Waals surface area contributed by atoms with Gasteiger partial charge < -0.3 is 9.80 Å². The molecule has 2 aliphatic heterocycles. The summed E-state index contributed by atoms with van der Waals surface area (Å²) in [4.78, 5) is 27.8. The van der Waals surface area contributed by atoms with Crippen LogP contribution < -0.4 is 4.90 Å². The van der Waals surface area contributed by atoms with Crippen molar-refractivity contribution in [3.8, 4) is 0 Å². The van der Waals surface area contributed by atoms with E-state index in [0.717, 1.165) is 18.8 Å². The number of Topliss-reactive ketones (excluding diaryl/α,β-unsaturated/α-hetero) is 1. The normalized spacial score (nSPS) is 22.8. The third kappa shape index (κ3) is 4.39. The van der Waals surface area contributed by atoms with E-state index in [-0.39, 0.29) is 29.1 Å². The molecule has 2 saturated heterocycles. The van der Waals surface area contributed by atoms with Crippen LogP contribution in [0.5, 0.6) is 0 Å². The lowest BCUT2D eigenvalue weighted by Crippen LogP contribution is -2.49. The average Bonchev–Trinajstić information content (AvgIpc) is 2.93. The predicted molar refractivity (Wildman–Crippen MR) is 96.6 cm³/mol. The molecule has 0 saturated carbocycles. The van der Waals surface area contributed by atoms with Crippen LogP contribution in [-0.2, 0) is 14.6 Å². The molecule has 0 aromatic heterocycles. The van der Waals surface area contributed by atoms with Crippen LogP contribution in [0.25, 0.3) is 0 Å². The Kier molecular flexibility index (Phi) is 5.13. The van der Waals surface area contributed by atoms with E-state index >= 15 is 0 Å². The summed E-state index contributed by atoms with van der Waals surface area (Å²) in [6, 6.07) is 7.54. The van der Waals surface area contributed by atoms with E-state index in [2.05, 4.69) is 4.90 Å². The highest BCUT2D eigenvalue weighted by Gasteiger charge is 2.31. The molecular weight excluding hydrogens is 340 g/mol. The van der Waals surface area contributed by atoms with Gasteiger partial charge in [0.25, 0.3) is 0 Å². The minimum atomic E-state index is -2.93. The van der Waals surface area contributed by atoms with Gasteiger partial charge in [0.15, 0.2) is 15.6 Å². The topological polar surface area (TPSA) is 74.8 Å². The standard InChI is InChI=1S/C18H24N2O4S/c1-14(21)16-2-4-17(5-3-16)19-7-9-20(10-8-19)18(22)12-15-6-11-25(23,24)13-15/h2-5,15H,6-13H2,1H3/t15-/m1/s1. The van der Waals surface area contributed by atoms with E-state index in [4.69, 9.17) is 0 Å². The number of rotatable bonds is 4. The summed E-state index contributed by atoms with van der Waals surface area (Å²) in [6.45, 7) is 4.33. The Morgan fingerprint density at radius 2 is 1.72 bits per heavy atom. The van der Waals surface area contributed by atoms with Crippen LogP contribution in [0, 0.1) is 5.92 Å². The summed E-state index contributed by atoms with van der Waals surface area (Å²) < 4.78 is 23.0. The first-order valence-electron chi connectivity index (χ1n) is 8.68. The van der Waals surface area contributed by atoms with Crippen LogP contribution in [0.4, 0.5) is 5.69 Å². The van der Waals surface area contributed by atoms with Gasteiger partial charge in [-0.15, -0.1) is 0 Å². The molecule has 3 rings (SSSR count). The molecule has 0 aliphatic carbocycles. The Morgan fingerprint density at radius 1 is 1.08 bits per heavy atom. The first-order valence-corrected chi connectivity index (χ1v) is 10.5. The summed E-state index contributed by atoms with van der Waals surface area (Å²) in [6.07, 6.45) is 0.947. The van der Waals surface area contributed by atoms with Gasteiger partial charge in [0.05, 0.1) is 11.5 Å². The van der Waals surface area contributed by atoms with E-state index in [1.54, 1.807) is 6.92 Å². The van der Waals surface area contributed by atoms with Crippen LogP contribution >= 0.6 is 0 Å². The lowest BCUT2D eigenvalue weighted by molar-refractivity contribution is -0.132. The first-order chi connectivity index (χ1) is 11.8. The number of piperazine rings is 1. The smallest absolute Gasteiger partial charge is 0.223 e. The number of amides is 1. The van der Waals surface area contributed by atoms with E-state index in [9.17, 15) is 18.0 Å². The second-order valence-corrected chi connectivity index (χ2v) is 9.17. The second kappa shape index (κ2) is 7.15. The fourth-order valence-corrected chi connectivity index (χ4v) is 5.39. The Morgan fingerprint density at radius 3 is 2.24 bits per heavy atom. The van der Waals surface area contributed by atoms with Crippen molar-refractivity contribution in [2.75, 3.05) is 42.6 Å². The van der Waals surface area contributed by atoms with Crippen LogP contribution in [-0.4, -0.2) is 62.7 Å². The predicted octanol–water partition coefficient (Wildman–Crippen LogP) is 1.36. The Bertz CT molecular complexity index is 750. The zero-order valence-corrected chi connectivity index (χ0v) is 15.3. The summed E-state index contributed by atoms with van der Waals surface area (Å²) >= 11 is 0. The van der Waals surface area contributed by atoms with Crippen LogP contribution in [0.1, 0.15) is 30.1 Å². The van der Waals surface area contributed by atoms with Crippen molar-refractivity contribution in [1.82, 2.24) is 4.90 Å². The SMILES string of the molecule is CC(=O)c1ccc(N2CCN(C(=O)C[C@H]3CCS(=O)(=O)C3)CC2)cc1. The van der Waals surface area contributed by atoms with Gasteiger partial charge in [-0.05, 0) is 43.5 Å². The highest BCUT2D eigenvalue weighted by Crippen LogP contribution is 2.23. The molecule has 136 valence electrons. The largest absolute Gasteiger partial charge is 0.368 e. The molecule has 25 heavy (non-hydrogen) atoms. The van der Waals surface area contributed by atoms with Gasteiger partial charge in [-0.1, -0.05) is 0 Å². The highest BCUT2D eigenvalue weighted by atomic mass is 32.2. The first kappa shape index (κ1) is 17.9. The minimum absolute atomic E-state index is 0.0188. The van der Waals surface area contributed by atoms with Gasteiger partial charge in [0.2, 0.25) is 5.91 Å². The number of sulfone groups is 1. The zero-order valence-electron chi connectivity index (χ0n) is 14.5. The monoisotopic (exact) mass is 364 g/mol. The Balaban J connectivity index is 1.51. The quantitative estimate of drug-likeness (QED) is 0.754. The van der Waals surface area contributed by atoms with Crippen molar-refractivity contribution in [2.45, 2.75) is 19.8 Å². The molecule has 2 aliphatic rings. The summed E-state index contributed by atoms with van der Waals surface area (Å²) in [7, 11) is -2.93. The molecule has 0 spiro atoms. The second-order valence-electron chi connectivity index (χ2n) is 6.94. The van der Waals surface area contributed by atoms with E-state index < -0.39 is 9.84 Å². The van der Waals surface area contributed by atoms with Crippen molar-refractivity contribution in [1.29, 1.82) is 0 Å². The van der Waals surface area contributed by atoms with E-state index in [1.807, 2.05) is 29.2 Å². The number of benzene rings is 1. The van der Waals surface area contributed by atoms with Crippen LogP contribution in [0.3, 0.4) is 0 Å². The van der Waals surface area contributed by atoms with Crippen molar-refractivity contribution < 1.29 is 18.0 Å². The molecule has 0 unspecified atom stereocenters. The molecule has 1 aromatic carbocycles. The maximum Gasteiger partial charge on any atom is 0.223 e. The summed E-state index contributed by atoms with van der Waals surface area (Å²) in [5, 5.41) is 0. The van der Waals surface area contributed by atoms with Crippen molar-refractivity contribution >= 4 is 27.2 Å². The van der Waals surface area contributed by atoms with Gasteiger partial charge in [-0.2, -0.15) is 0 Å². The Hall–Kier alpha value is -1.89. The van der Waals surface area contributed by atoms with Crippen molar-refractivity contribution in [3.63, 3.8) is 0 Å². The van der Waals surface area contributed by atoms with Gasteiger partial charge in [-0.25, -0.2) is 8.42 Å². The molecule has 1 aromatic rings. The molecule has 7 heteroatoms. The fraction of sp³-hybridized carbons (Fsp3) is 0.556. The maximum atomic E-state index is 12.4. The molecule has 0 radical (unpaired) electrons. The zero-order chi connectivity index (χ0) is 18.0. The number of hydrogen-bond acceptors (Lipinski definition) is 5. The summed E-state index contributed by atoms with van der Waals surface area (Å²) in [5.74, 6) is 0.468. The molecule has 6 nitrogen and oxygen atoms in total. The minimum Gasteiger partial charge on any atom is -0.368 e. The molecule has 1 amide bonds. The average molecular weight is 364 g/mol. The lowest BCUT2D eigenvalue weighted by atomic mass is 10.0. The van der Waals surface area contributed by atoms with Crippen LogP contribution in [0.2, 0.25) is 0 Å². The maximum absolute atomic E-state index is 12.4. The number of ketones is 1. The van der Waals surface area contributed by atoms with Crippen LogP contribution in [0.15, 0.2) is 24.3 Å². The number of nitrogens with zero attached hydrogens (tertiary/aromatic N) is 2. The third-order valence-electron chi connectivity index (χ3n) is 5.06. The molecule has 0 bridgehead atoms. The molecule has 2 heterocycles. The molecule has 1 atom stereocenters. The van der Waals surface area contributed by atoms with Gasteiger partial charge in [0, 0.05) is 43.9 Å². The lowest BCUT2D eigenvalue weighted by Gasteiger charge is -2.36. The molecule has 0 N–H and O–H groups in total. The highest BCUT2D eigenvalue weighted by molar-refractivity contribution is 7.91. The number of anilines is 1. The van der Waals surface area contributed by atoms with E-state index in [0.29, 0.717) is 31.5 Å². The number of carbonyl (C=O) groups excluding carboxylic acids is 2. The van der Waals surface area contributed by atoms with Crippen molar-refractivity contribution in [3.05, 3.63) is 29.8 Å². The molecule has 2 fully saturated rings. The van der Waals surface area contributed by atoms with Gasteiger partial charge >= 0.3 is 0 Å². The summed E-state index contributed by atoms with van der Waals surface area (Å²) in [5.41, 5.74) is 1.75. The Labute approximate surface area is 148 Å². The third-order valence-corrected chi connectivity index (χ3v) is 6.90. The van der Waals surface area contributed by atoms with Gasteiger partial charge in [0.1, 0.15) is 0 Å². The van der Waals surface area contributed by atoms with Gasteiger partial charge in [-0.3, -0.25) is 9.59 Å². The molecular formula is C18H24N2O4S.